The maximum atomic E-state index is 12.8. The van der Waals surface area contributed by atoms with Crippen LogP contribution in [0.5, 0.6) is 0 Å². The maximum absolute atomic E-state index is 12.8. The van der Waals surface area contributed by atoms with Gasteiger partial charge in [0.05, 0.1) is 25.3 Å². The van der Waals surface area contributed by atoms with Crippen LogP contribution in [0.1, 0.15) is 24.2 Å². The monoisotopic (exact) mass is 507 g/mol. The molecule has 16 nitrogen and oxygen atoms in total. The summed E-state index contributed by atoms with van der Waals surface area (Å²) in [6, 6.07) is -5.31. The van der Waals surface area contributed by atoms with Crippen LogP contribution in [-0.4, -0.2) is 90.5 Å². The molecule has 0 spiro atoms. The largest absolute Gasteiger partial charge is 0.480 e. The second-order valence-electron chi connectivity index (χ2n) is 7.88. The first-order valence-electron chi connectivity index (χ1n) is 10.8. The molecule has 0 bridgehead atoms. The molecule has 0 aliphatic carbocycles. The van der Waals surface area contributed by atoms with Crippen molar-refractivity contribution in [2.75, 3.05) is 6.61 Å². The number of carbonyl (C=O) groups is 5. The van der Waals surface area contributed by atoms with E-state index in [1.165, 1.54) is 25.0 Å². The number of imidazole rings is 2. The Morgan fingerprint density at radius 3 is 1.89 bits per heavy atom. The van der Waals surface area contributed by atoms with E-state index in [1.807, 2.05) is 0 Å². The van der Waals surface area contributed by atoms with Gasteiger partial charge in [0.25, 0.3) is 0 Å². The Morgan fingerprint density at radius 1 is 0.861 bits per heavy atom. The van der Waals surface area contributed by atoms with Gasteiger partial charge in [-0.15, -0.1) is 0 Å². The van der Waals surface area contributed by atoms with Gasteiger partial charge in [-0.05, 0) is 6.42 Å². The molecule has 2 aromatic heterocycles. The second-order valence-corrected chi connectivity index (χ2v) is 7.88. The van der Waals surface area contributed by atoms with Gasteiger partial charge in [-0.1, -0.05) is 0 Å². The highest BCUT2D eigenvalue weighted by Gasteiger charge is 2.30. The number of primary amides is 1. The lowest BCUT2D eigenvalue weighted by atomic mass is 10.1. The van der Waals surface area contributed by atoms with E-state index in [0.717, 1.165) is 0 Å². The molecule has 0 aliphatic rings. The van der Waals surface area contributed by atoms with E-state index in [4.69, 9.17) is 11.5 Å². The van der Waals surface area contributed by atoms with Crippen LogP contribution in [0.25, 0.3) is 0 Å². The molecular weight excluding hydrogens is 478 g/mol. The number of aliphatic hydroxyl groups excluding tert-OH is 1. The van der Waals surface area contributed by atoms with Crippen LogP contribution in [0.4, 0.5) is 0 Å². The number of rotatable bonds is 15. The number of carbonyl (C=O) groups excluding carboxylic acids is 4. The molecule has 36 heavy (non-hydrogen) atoms. The van der Waals surface area contributed by atoms with Crippen molar-refractivity contribution in [2.45, 2.75) is 49.9 Å². The summed E-state index contributed by atoms with van der Waals surface area (Å²) in [4.78, 5) is 73.9. The SMILES string of the molecule is NC(=O)CCC(NC(=O)C(CO)NC(=O)C(N)Cc1cnc[nH]1)C(=O)NC(Cc1cnc[nH]1)C(=O)O. The molecule has 0 fully saturated rings. The molecule has 0 saturated heterocycles. The predicted molar refractivity (Wildman–Crippen MR) is 122 cm³/mol. The number of aromatic nitrogens is 4. The Balaban J connectivity index is 2.04. The Kier molecular flexibility index (Phi) is 10.5. The highest BCUT2D eigenvalue weighted by molar-refractivity contribution is 5.94. The number of nitrogens with one attached hydrogen (secondary N) is 5. The van der Waals surface area contributed by atoms with Gasteiger partial charge >= 0.3 is 5.97 Å². The molecule has 16 heteroatoms. The highest BCUT2D eigenvalue weighted by Crippen LogP contribution is 2.04. The van der Waals surface area contributed by atoms with E-state index in [-0.39, 0.29) is 25.7 Å². The van der Waals surface area contributed by atoms with Gasteiger partial charge in [0.2, 0.25) is 23.6 Å². The number of aliphatic hydroxyl groups is 1. The molecule has 2 rings (SSSR count). The molecule has 4 amide bonds. The Morgan fingerprint density at radius 2 is 1.39 bits per heavy atom. The number of carboxylic acid groups (broad SMARTS) is 1. The third-order valence-electron chi connectivity index (χ3n) is 5.05. The van der Waals surface area contributed by atoms with Crippen LogP contribution in [0.3, 0.4) is 0 Å². The standard InChI is InChI=1S/C20H29N9O7/c21-12(3-10-5-23-8-25-10)17(32)29-15(7-30)19(34)27-13(1-2-16(22)31)18(33)28-14(20(35)36)4-11-6-24-9-26-11/h5-6,8-9,12-15,30H,1-4,7,21H2,(H2,22,31)(H,23,25)(H,24,26)(H,27,34)(H,28,33)(H,29,32)(H,35,36). The van der Waals surface area contributed by atoms with Gasteiger partial charge in [-0.2, -0.15) is 0 Å². The van der Waals surface area contributed by atoms with Crippen molar-refractivity contribution in [1.82, 2.24) is 35.9 Å². The molecule has 4 unspecified atom stereocenters. The summed E-state index contributed by atoms with van der Waals surface area (Å²) in [6.07, 6.45) is 5.02. The zero-order valence-electron chi connectivity index (χ0n) is 19.1. The summed E-state index contributed by atoms with van der Waals surface area (Å²) in [5.74, 6) is -4.71. The average Bonchev–Trinajstić information content (AvgIpc) is 3.53. The van der Waals surface area contributed by atoms with Crippen LogP contribution in [0, 0.1) is 0 Å². The van der Waals surface area contributed by atoms with Crippen LogP contribution in [0.15, 0.2) is 25.0 Å². The molecule has 0 radical (unpaired) electrons. The molecule has 0 aliphatic heterocycles. The van der Waals surface area contributed by atoms with Crippen molar-refractivity contribution in [2.24, 2.45) is 11.5 Å². The van der Waals surface area contributed by atoms with Crippen molar-refractivity contribution in [3.05, 3.63) is 36.4 Å². The summed E-state index contributed by atoms with van der Waals surface area (Å²) >= 11 is 0. The van der Waals surface area contributed by atoms with E-state index in [9.17, 15) is 34.2 Å². The zero-order chi connectivity index (χ0) is 26.7. The molecule has 0 aromatic carbocycles. The molecule has 196 valence electrons. The third-order valence-corrected chi connectivity index (χ3v) is 5.05. The highest BCUT2D eigenvalue weighted by atomic mass is 16.4. The number of nitrogens with two attached hydrogens (primary N) is 2. The van der Waals surface area contributed by atoms with Gasteiger partial charge in [-0.25, -0.2) is 14.8 Å². The fourth-order valence-corrected chi connectivity index (χ4v) is 3.12. The average molecular weight is 508 g/mol. The van der Waals surface area contributed by atoms with E-state index in [2.05, 4.69) is 35.9 Å². The Hall–Kier alpha value is -4.31. The van der Waals surface area contributed by atoms with E-state index in [0.29, 0.717) is 11.4 Å². The first-order chi connectivity index (χ1) is 17.1. The predicted octanol–water partition coefficient (Wildman–Crippen LogP) is -3.96. The van der Waals surface area contributed by atoms with Crippen LogP contribution in [0.2, 0.25) is 0 Å². The van der Waals surface area contributed by atoms with Gasteiger partial charge in [0, 0.05) is 43.0 Å². The number of hydrogen-bond donors (Lipinski definition) is 9. The van der Waals surface area contributed by atoms with Crippen molar-refractivity contribution in [3.63, 3.8) is 0 Å². The minimum absolute atomic E-state index is 0.0855. The number of amides is 4. The lowest BCUT2D eigenvalue weighted by Crippen LogP contribution is -2.58. The number of nitrogens with zero attached hydrogens (tertiary/aromatic N) is 2. The fourth-order valence-electron chi connectivity index (χ4n) is 3.12. The van der Waals surface area contributed by atoms with Crippen molar-refractivity contribution in [3.8, 4) is 0 Å². The third kappa shape index (κ3) is 8.80. The van der Waals surface area contributed by atoms with E-state index >= 15 is 0 Å². The molecule has 2 aromatic rings. The van der Waals surface area contributed by atoms with Crippen molar-refractivity contribution >= 4 is 29.6 Å². The summed E-state index contributed by atoms with van der Waals surface area (Å²) in [6.45, 7) is -0.823. The normalized spacial score (nSPS) is 14.2. The van der Waals surface area contributed by atoms with Crippen LogP contribution in [-0.2, 0) is 36.8 Å². The minimum atomic E-state index is -1.48. The van der Waals surface area contributed by atoms with Gasteiger partial charge < -0.3 is 47.6 Å². The molecule has 0 saturated carbocycles. The molecule has 11 N–H and O–H groups in total. The minimum Gasteiger partial charge on any atom is -0.480 e. The van der Waals surface area contributed by atoms with Gasteiger partial charge in [-0.3, -0.25) is 19.2 Å². The first kappa shape index (κ1) is 27.9. The molecule has 4 atom stereocenters. The molecular formula is C20H29N9O7. The lowest BCUT2D eigenvalue weighted by molar-refractivity contribution is -0.142. The quantitative estimate of drug-likeness (QED) is 0.113. The number of aromatic amines is 2. The van der Waals surface area contributed by atoms with E-state index in [1.54, 1.807) is 0 Å². The Bertz CT molecular complexity index is 1030. The van der Waals surface area contributed by atoms with E-state index < -0.39 is 60.4 Å². The van der Waals surface area contributed by atoms with Crippen molar-refractivity contribution < 1.29 is 34.2 Å². The lowest BCUT2D eigenvalue weighted by Gasteiger charge is -2.24. The summed E-state index contributed by atoms with van der Waals surface area (Å²) in [5, 5.41) is 26.0. The fraction of sp³-hybridized carbons (Fsp3) is 0.450. The van der Waals surface area contributed by atoms with Crippen LogP contribution < -0.4 is 27.4 Å². The number of hydrogen-bond acceptors (Lipinski definition) is 9. The van der Waals surface area contributed by atoms with Crippen molar-refractivity contribution in [1.29, 1.82) is 0 Å². The number of aliphatic carboxylic acids is 1. The van der Waals surface area contributed by atoms with Crippen LogP contribution >= 0.6 is 0 Å². The summed E-state index contributed by atoms with van der Waals surface area (Å²) in [7, 11) is 0. The van der Waals surface area contributed by atoms with Gasteiger partial charge in [0.1, 0.15) is 18.1 Å². The smallest absolute Gasteiger partial charge is 0.326 e. The second kappa shape index (κ2) is 13.5. The number of carboxylic acids is 1. The first-order valence-corrected chi connectivity index (χ1v) is 10.8. The Labute approximate surface area is 204 Å². The summed E-state index contributed by atoms with van der Waals surface area (Å²) in [5.41, 5.74) is 12.0. The number of H-pyrrole nitrogens is 2. The van der Waals surface area contributed by atoms with Gasteiger partial charge in [0.15, 0.2) is 0 Å². The maximum Gasteiger partial charge on any atom is 0.326 e. The molecule has 2 heterocycles. The zero-order valence-corrected chi connectivity index (χ0v) is 19.1. The topological polar surface area (TPSA) is 271 Å². The summed E-state index contributed by atoms with van der Waals surface area (Å²) < 4.78 is 0.